The van der Waals surface area contributed by atoms with Crippen LogP contribution in [0.2, 0.25) is 5.02 Å². The van der Waals surface area contributed by atoms with Gasteiger partial charge in [-0.25, -0.2) is 0 Å². The summed E-state index contributed by atoms with van der Waals surface area (Å²) in [5.74, 6) is 1.44. The Labute approximate surface area is 221 Å². The Morgan fingerprint density at radius 3 is 2.84 bits per heavy atom. The lowest BCUT2D eigenvalue weighted by molar-refractivity contribution is -0.109. The first-order valence-corrected chi connectivity index (χ1v) is 13.2. The van der Waals surface area contributed by atoms with Crippen LogP contribution in [0, 0.1) is 0 Å². The van der Waals surface area contributed by atoms with Gasteiger partial charge in [0.15, 0.2) is 6.29 Å². The molecule has 6 rings (SSSR count). The fraction of sp³-hybridized carbons (Fsp3) is 0.333. The van der Waals surface area contributed by atoms with Gasteiger partial charge in [0.05, 0.1) is 17.9 Å². The van der Waals surface area contributed by atoms with Gasteiger partial charge in [-0.15, -0.1) is 0 Å². The largest absolute Gasteiger partial charge is 0.487 e. The summed E-state index contributed by atoms with van der Waals surface area (Å²) in [6.45, 7) is 4.03. The average molecular weight is 517 g/mol. The van der Waals surface area contributed by atoms with Crippen molar-refractivity contribution in [3.05, 3.63) is 93.8 Å². The summed E-state index contributed by atoms with van der Waals surface area (Å²) in [5, 5.41) is 0.773. The summed E-state index contributed by atoms with van der Waals surface area (Å²) in [6.07, 6.45) is 7.70. The SMILES string of the molecule is O=CCOc1ccc2c(c1)/C(=C/CCN1CCC3(CC1)OCc1cc(Cl)ccc13)c1cccnc1CO2. The molecule has 0 radical (unpaired) electrons. The van der Waals surface area contributed by atoms with Crippen LogP contribution in [-0.2, 0) is 28.3 Å². The standard InChI is InChI=1S/C30H29ClN2O4/c31-22-5-7-27-21(17-22)19-37-30(27)9-13-33(14-10-30)12-2-4-24-25-3-1-11-32-28(25)20-36-29-8-6-23(18-26(24)29)35-16-15-34/h1,3-8,11,15,17-18H,2,9-10,12-14,16,19-20H2/b24-4+. The van der Waals surface area contributed by atoms with E-state index in [1.807, 2.05) is 36.4 Å². The first-order chi connectivity index (χ1) is 18.1. The molecule has 1 fully saturated rings. The number of likely N-dealkylation sites (tertiary alicyclic amines) is 1. The minimum Gasteiger partial charge on any atom is -0.487 e. The molecule has 6 nitrogen and oxygen atoms in total. The predicted octanol–water partition coefficient (Wildman–Crippen LogP) is 5.55. The van der Waals surface area contributed by atoms with Gasteiger partial charge in [-0.05, 0) is 72.4 Å². The van der Waals surface area contributed by atoms with Gasteiger partial charge in [-0.1, -0.05) is 29.8 Å². The third-order valence-electron chi connectivity index (χ3n) is 7.62. The van der Waals surface area contributed by atoms with E-state index in [0.717, 1.165) is 78.3 Å². The van der Waals surface area contributed by atoms with Gasteiger partial charge < -0.3 is 19.1 Å². The molecule has 1 saturated heterocycles. The quantitative estimate of drug-likeness (QED) is 0.400. The van der Waals surface area contributed by atoms with Crippen LogP contribution in [0.15, 0.2) is 60.8 Å². The summed E-state index contributed by atoms with van der Waals surface area (Å²) >= 11 is 6.20. The number of carbonyl (C=O) groups excluding carboxylic acids is 1. The molecule has 3 aliphatic heterocycles. The maximum atomic E-state index is 10.8. The van der Waals surface area contributed by atoms with E-state index in [9.17, 15) is 4.79 Å². The number of pyridine rings is 1. The number of rotatable bonds is 6. The molecule has 7 heteroatoms. The Balaban J connectivity index is 1.19. The van der Waals surface area contributed by atoms with Gasteiger partial charge in [0.1, 0.15) is 24.7 Å². The third-order valence-corrected chi connectivity index (χ3v) is 7.86. The van der Waals surface area contributed by atoms with Gasteiger partial charge in [0, 0.05) is 42.0 Å². The van der Waals surface area contributed by atoms with Crippen molar-refractivity contribution in [2.45, 2.75) is 38.1 Å². The van der Waals surface area contributed by atoms with E-state index in [-0.39, 0.29) is 12.2 Å². The highest BCUT2D eigenvalue weighted by atomic mass is 35.5. The molecule has 3 aromatic rings. The first-order valence-electron chi connectivity index (χ1n) is 12.8. The second kappa shape index (κ2) is 10.3. The monoisotopic (exact) mass is 516 g/mol. The number of hydrogen-bond donors (Lipinski definition) is 0. The first kappa shape index (κ1) is 24.2. The van der Waals surface area contributed by atoms with Crippen LogP contribution in [0.25, 0.3) is 5.57 Å². The van der Waals surface area contributed by atoms with E-state index >= 15 is 0 Å². The molecular weight excluding hydrogens is 488 g/mol. The van der Waals surface area contributed by atoms with Crippen LogP contribution < -0.4 is 9.47 Å². The number of ether oxygens (including phenoxy) is 3. The average Bonchev–Trinajstić information content (AvgIpc) is 3.18. The van der Waals surface area contributed by atoms with Gasteiger partial charge in [-0.2, -0.15) is 0 Å². The molecule has 0 aliphatic carbocycles. The predicted molar refractivity (Wildman–Crippen MR) is 142 cm³/mol. The molecule has 190 valence electrons. The number of hydrogen-bond acceptors (Lipinski definition) is 6. The lowest BCUT2D eigenvalue weighted by Crippen LogP contribution is -2.42. The summed E-state index contributed by atoms with van der Waals surface area (Å²) < 4.78 is 18.0. The highest BCUT2D eigenvalue weighted by molar-refractivity contribution is 6.30. The molecule has 4 heterocycles. The second-order valence-corrected chi connectivity index (χ2v) is 10.2. The lowest BCUT2D eigenvalue weighted by atomic mass is 9.84. The molecule has 1 spiro atoms. The zero-order chi connectivity index (χ0) is 25.2. The molecule has 0 saturated carbocycles. The van der Waals surface area contributed by atoms with Crippen molar-refractivity contribution in [1.29, 1.82) is 0 Å². The van der Waals surface area contributed by atoms with Crippen molar-refractivity contribution in [1.82, 2.24) is 9.88 Å². The van der Waals surface area contributed by atoms with E-state index in [1.165, 1.54) is 11.1 Å². The number of carbonyl (C=O) groups is 1. The van der Waals surface area contributed by atoms with Crippen molar-refractivity contribution >= 4 is 23.5 Å². The number of aromatic nitrogens is 1. The fourth-order valence-electron chi connectivity index (χ4n) is 5.74. The molecule has 37 heavy (non-hydrogen) atoms. The summed E-state index contributed by atoms with van der Waals surface area (Å²) in [6, 6.07) is 15.9. The molecule has 1 aromatic heterocycles. The van der Waals surface area contributed by atoms with Crippen molar-refractivity contribution in [3.63, 3.8) is 0 Å². The molecule has 3 aliphatic rings. The number of aldehydes is 1. The van der Waals surface area contributed by atoms with Crippen molar-refractivity contribution < 1.29 is 19.0 Å². The highest BCUT2D eigenvalue weighted by Crippen LogP contribution is 2.45. The van der Waals surface area contributed by atoms with Gasteiger partial charge in [0.2, 0.25) is 0 Å². The molecular formula is C30H29ClN2O4. The van der Waals surface area contributed by atoms with Crippen LogP contribution in [0.4, 0.5) is 0 Å². The van der Waals surface area contributed by atoms with Crippen LogP contribution in [0.3, 0.4) is 0 Å². The van der Waals surface area contributed by atoms with Crippen molar-refractivity contribution in [2.75, 3.05) is 26.2 Å². The smallest absolute Gasteiger partial charge is 0.157 e. The highest BCUT2D eigenvalue weighted by Gasteiger charge is 2.42. The molecule has 0 amide bonds. The molecule has 2 aromatic carbocycles. The van der Waals surface area contributed by atoms with Gasteiger partial charge in [-0.3, -0.25) is 9.78 Å². The normalized spacial score (nSPS) is 19.0. The Morgan fingerprint density at radius 2 is 1.97 bits per heavy atom. The minimum atomic E-state index is -0.172. The van der Waals surface area contributed by atoms with Crippen LogP contribution in [0.1, 0.15) is 47.2 Å². The number of piperidine rings is 1. The lowest BCUT2D eigenvalue weighted by Gasteiger charge is -2.39. The van der Waals surface area contributed by atoms with E-state index in [1.54, 1.807) is 6.20 Å². The minimum absolute atomic E-state index is 0.0223. The maximum absolute atomic E-state index is 10.8. The number of benzene rings is 2. The number of halogens is 1. The van der Waals surface area contributed by atoms with E-state index in [0.29, 0.717) is 19.0 Å². The summed E-state index contributed by atoms with van der Waals surface area (Å²) in [4.78, 5) is 17.9. The van der Waals surface area contributed by atoms with E-state index < -0.39 is 0 Å². The van der Waals surface area contributed by atoms with Crippen LogP contribution in [-0.4, -0.2) is 42.4 Å². The molecule has 0 atom stereocenters. The third kappa shape index (κ3) is 4.77. The molecule has 0 bridgehead atoms. The van der Waals surface area contributed by atoms with Crippen LogP contribution in [0.5, 0.6) is 11.5 Å². The van der Waals surface area contributed by atoms with Crippen molar-refractivity contribution in [3.8, 4) is 11.5 Å². The summed E-state index contributed by atoms with van der Waals surface area (Å²) in [5.41, 5.74) is 6.40. The summed E-state index contributed by atoms with van der Waals surface area (Å²) in [7, 11) is 0. The Bertz CT molecular complexity index is 1350. The zero-order valence-electron chi connectivity index (χ0n) is 20.6. The molecule has 0 N–H and O–H groups in total. The van der Waals surface area contributed by atoms with Crippen LogP contribution >= 0.6 is 11.6 Å². The molecule has 0 unspecified atom stereocenters. The Hall–Kier alpha value is -3.19. The van der Waals surface area contributed by atoms with Gasteiger partial charge >= 0.3 is 0 Å². The number of nitrogens with zero attached hydrogens (tertiary/aromatic N) is 2. The maximum Gasteiger partial charge on any atom is 0.157 e. The van der Waals surface area contributed by atoms with Gasteiger partial charge in [0.25, 0.3) is 0 Å². The topological polar surface area (TPSA) is 60.9 Å². The van der Waals surface area contributed by atoms with E-state index in [2.05, 4.69) is 28.1 Å². The second-order valence-electron chi connectivity index (χ2n) is 9.75. The number of fused-ring (bicyclic) bond motifs is 4. The Morgan fingerprint density at radius 1 is 1.08 bits per heavy atom. The fourth-order valence-corrected chi connectivity index (χ4v) is 5.93. The zero-order valence-corrected chi connectivity index (χ0v) is 21.4. The van der Waals surface area contributed by atoms with Crippen molar-refractivity contribution in [2.24, 2.45) is 0 Å². The van der Waals surface area contributed by atoms with E-state index in [4.69, 9.17) is 25.8 Å². The Kier molecular flexibility index (Phi) is 6.72.